The Morgan fingerprint density at radius 2 is 1.97 bits per heavy atom. The van der Waals surface area contributed by atoms with E-state index in [2.05, 4.69) is 9.97 Å². The Morgan fingerprint density at radius 1 is 1.23 bits per heavy atom. The van der Waals surface area contributed by atoms with Crippen molar-refractivity contribution < 1.29 is 27.6 Å². The van der Waals surface area contributed by atoms with E-state index >= 15 is 0 Å². The lowest BCUT2D eigenvalue weighted by Crippen LogP contribution is -2.34. The molecule has 0 saturated carbocycles. The second-order valence-corrected chi connectivity index (χ2v) is 9.39. The van der Waals surface area contributed by atoms with E-state index < -0.39 is 36.0 Å². The molecule has 184 valence electrons. The number of aromatic nitrogens is 2. The Hall–Kier alpha value is -2.99. The summed E-state index contributed by atoms with van der Waals surface area (Å²) in [5.41, 5.74) is 3.90. The number of alkyl halides is 3. The van der Waals surface area contributed by atoms with Crippen LogP contribution in [0.5, 0.6) is 0 Å². The van der Waals surface area contributed by atoms with Gasteiger partial charge in [0.2, 0.25) is 0 Å². The van der Waals surface area contributed by atoms with Gasteiger partial charge in [0.05, 0.1) is 18.3 Å². The van der Waals surface area contributed by atoms with Crippen LogP contribution in [0.15, 0.2) is 54.9 Å². The summed E-state index contributed by atoms with van der Waals surface area (Å²) in [4.78, 5) is 21.2. The molecule has 1 unspecified atom stereocenters. The second-order valence-electron chi connectivity index (χ2n) is 8.08. The van der Waals surface area contributed by atoms with E-state index in [-0.39, 0.29) is 25.3 Å². The van der Waals surface area contributed by atoms with Crippen LogP contribution >= 0.6 is 0 Å². The summed E-state index contributed by atoms with van der Waals surface area (Å²) in [5.74, 6) is -0.954. The fraction of sp³-hybridized carbons (Fsp3) is 0.292. The number of rotatable bonds is 7. The van der Waals surface area contributed by atoms with Crippen LogP contribution < -0.4 is 5.32 Å². The van der Waals surface area contributed by atoms with Gasteiger partial charge in [0.1, 0.15) is 18.5 Å². The van der Waals surface area contributed by atoms with Crippen molar-refractivity contribution in [2.75, 3.05) is 19.4 Å². The minimum Gasteiger partial charge on any atom is -0.598 e. The molecule has 7 nitrogen and oxygen atoms in total. The molecule has 0 saturated heterocycles. The van der Waals surface area contributed by atoms with Crippen molar-refractivity contribution >= 4 is 17.3 Å². The van der Waals surface area contributed by atoms with Gasteiger partial charge in [0.25, 0.3) is 5.91 Å². The molecule has 0 spiro atoms. The Balaban J connectivity index is 1.84. The van der Waals surface area contributed by atoms with Crippen molar-refractivity contribution in [1.29, 1.82) is 0 Å². The molecule has 1 aromatic carbocycles. The molecule has 35 heavy (non-hydrogen) atoms. The number of nitrogens with zero attached hydrogens (tertiary/aromatic N) is 3. The molecule has 2 aromatic heterocycles. The number of carbonyl (C=O) groups is 1. The summed E-state index contributed by atoms with van der Waals surface area (Å²) in [7, 11) is 0. The number of hydrogen-bond donors (Lipinski definition) is 2. The second kappa shape index (κ2) is 10.3. The first-order chi connectivity index (χ1) is 16.7. The molecule has 0 aliphatic carbocycles. The standard InChI is InChI=1S/C24H23F3N4O3S/c1-35(34)31-13-18-11-19(23(33)29-14-24(25,26)27)30-22(21(18)20(31)7-9-32)16-5-2-4-15(10-16)17-6-3-8-28-12-17/h2-6,8,10-12,20,32H,7,9,13-14H2,1H3,(H,29,33)/t20-,35?/m1/s1. The van der Waals surface area contributed by atoms with E-state index in [1.807, 2.05) is 29.6 Å². The van der Waals surface area contributed by atoms with Crippen molar-refractivity contribution in [3.63, 3.8) is 0 Å². The molecule has 0 fully saturated rings. The Labute approximate surface area is 203 Å². The lowest BCUT2D eigenvalue weighted by molar-refractivity contribution is -0.123. The maximum absolute atomic E-state index is 12.7. The molecule has 1 aliphatic rings. The summed E-state index contributed by atoms with van der Waals surface area (Å²) in [5, 5.41) is 11.5. The molecule has 1 amide bonds. The molecular weight excluding hydrogens is 481 g/mol. The number of aliphatic hydroxyl groups is 1. The summed E-state index contributed by atoms with van der Waals surface area (Å²) in [6, 6.07) is 12.1. The van der Waals surface area contributed by atoms with E-state index in [1.54, 1.807) is 28.8 Å². The molecule has 4 rings (SSSR count). The number of hydrogen-bond acceptors (Lipinski definition) is 6. The first-order valence-electron chi connectivity index (χ1n) is 10.8. The van der Waals surface area contributed by atoms with Gasteiger partial charge >= 0.3 is 6.18 Å². The molecule has 2 N–H and O–H groups in total. The molecule has 11 heteroatoms. The summed E-state index contributed by atoms with van der Waals surface area (Å²) in [6.45, 7) is -1.43. The number of benzene rings is 1. The summed E-state index contributed by atoms with van der Waals surface area (Å²) < 4.78 is 52.1. The van der Waals surface area contributed by atoms with Gasteiger partial charge in [-0.2, -0.15) is 13.2 Å². The highest BCUT2D eigenvalue weighted by Crippen LogP contribution is 2.43. The smallest absolute Gasteiger partial charge is 0.405 e. The van der Waals surface area contributed by atoms with Crippen molar-refractivity contribution in [2.45, 2.75) is 25.2 Å². The monoisotopic (exact) mass is 504 g/mol. The van der Waals surface area contributed by atoms with E-state index in [0.717, 1.165) is 11.1 Å². The topological polar surface area (TPSA) is 101 Å². The lowest BCUT2D eigenvalue weighted by atomic mass is 9.94. The minimum atomic E-state index is -4.56. The van der Waals surface area contributed by atoms with E-state index in [0.29, 0.717) is 22.4 Å². The predicted octanol–water partition coefficient (Wildman–Crippen LogP) is 3.64. The first kappa shape index (κ1) is 25.1. The Bertz CT molecular complexity index is 1210. The maximum Gasteiger partial charge on any atom is 0.405 e. The van der Waals surface area contributed by atoms with Crippen LogP contribution in [0.2, 0.25) is 0 Å². The fourth-order valence-corrected chi connectivity index (χ4v) is 5.09. The van der Waals surface area contributed by atoms with Crippen LogP contribution in [0.4, 0.5) is 13.2 Å². The minimum absolute atomic E-state index is 0.165. The van der Waals surface area contributed by atoms with Gasteiger partial charge < -0.3 is 15.0 Å². The van der Waals surface area contributed by atoms with Crippen molar-refractivity contribution in [3.05, 3.63) is 71.7 Å². The average molecular weight is 505 g/mol. The van der Waals surface area contributed by atoms with Crippen LogP contribution in [0, 0.1) is 0 Å². The molecule has 3 heterocycles. The quantitative estimate of drug-likeness (QED) is 0.477. The number of carbonyl (C=O) groups excluding carboxylic acids is 1. The first-order valence-corrected chi connectivity index (χ1v) is 12.3. The fourth-order valence-electron chi connectivity index (χ4n) is 4.20. The van der Waals surface area contributed by atoms with Crippen molar-refractivity contribution in [1.82, 2.24) is 19.6 Å². The highest BCUT2D eigenvalue weighted by Gasteiger charge is 2.39. The average Bonchev–Trinajstić information content (AvgIpc) is 3.21. The molecular formula is C24H23F3N4O3S. The third-order valence-electron chi connectivity index (χ3n) is 5.70. The largest absolute Gasteiger partial charge is 0.598 e. The van der Waals surface area contributed by atoms with Crippen molar-refractivity contribution in [3.8, 4) is 22.4 Å². The van der Waals surface area contributed by atoms with Gasteiger partial charge in [-0.05, 0) is 35.7 Å². The Morgan fingerprint density at radius 3 is 2.63 bits per heavy atom. The molecule has 0 bridgehead atoms. The van der Waals surface area contributed by atoms with Gasteiger partial charge in [-0.25, -0.2) is 4.98 Å². The number of amides is 1. The maximum atomic E-state index is 12.7. The summed E-state index contributed by atoms with van der Waals surface area (Å²) in [6.07, 6.45) is 0.597. The molecule has 1 aliphatic heterocycles. The highest BCUT2D eigenvalue weighted by molar-refractivity contribution is 7.88. The van der Waals surface area contributed by atoms with Gasteiger partial charge in [0.15, 0.2) is 0 Å². The van der Waals surface area contributed by atoms with Crippen LogP contribution in [0.3, 0.4) is 0 Å². The predicted molar refractivity (Wildman–Crippen MR) is 125 cm³/mol. The van der Waals surface area contributed by atoms with Gasteiger partial charge in [-0.1, -0.05) is 24.3 Å². The third-order valence-corrected chi connectivity index (χ3v) is 6.74. The zero-order chi connectivity index (χ0) is 25.2. The Kier molecular flexibility index (Phi) is 7.41. The van der Waals surface area contributed by atoms with Crippen molar-refractivity contribution in [2.24, 2.45) is 0 Å². The molecule has 2 atom stereocenters. The third kappa shape index (κ3) is 5.64. The zero-order valence-electron chi connectivity index (χ0n) is 18.7. The van der Waals surface area contributed by atoms with E-state index in [9.17, 15) is 27.6 Å². The van der Waals surface area contributed by atoms with E-state index in [4.69, 9.17) is 0 Å². The molecule has 0 radical (unpaired) electrons. The zero-order valence-corrected chi connectivity index (χ0v) is 19.6. The SMILES string of the molecule is C[S+]([O-])N1Cc2cc(C(=O)NCC(F)(F)F)nc(-c3cccc(-c4cccnc4)c3)c2[C@H]1CCO. The lowest BCUT2D eigenvalue weighted by Gasteiger charge is -2.24. The number of halogens is 3. The summed E-state index contributed by atoms with van der Waals surface area (Å²) >= 11 is -1.39. The van der Waals surface area contributed by atoms with Crippen LogP contribution in [0.1, 0.15) is 34.1 Å². The number of fused-ring (bicyclic) bond motifs is 1. The van der Waals surface area contributed by atoms with E-state index in [1.165, 1.54) is 12.3 Å². The van der Waals surface area contributed by atoms with Crippen LogP contribution in [-0.4, -0.2) is 55.4 Å². The van der Waals surface area contributed by atoms with Crippen LogP contribution in [-0.2, 0) is 17.9 Å². The van der Waals surface area contributed by atoms with Crippen LogP contribution in [0.25, 0.3) is 22.4 Å². The highest BCUT2D eigenvalue weighted by atomic mass is 32.2. The molecule has 3 aromatic rings. The number of aliphatic hydroxyl groups excluding tert-OH is 1. The normalized spacial score (nSPS) is 16.7. The van der Waals surface area contributed by atoms with Gasteiger partial charge in [0, 0.05) is 47.1 Å². The van der Waals surface area contributed by atoms with Gasteiger partial charge in [-0.15, -0.1) is 4.31 Å². The number of nitrogens with one attached hydrogen (secondary N) is 1. The number of pyridine rings is 2. The van der Waals surface area contributed by atoms with Gasteiger partial charge in [-0.3, -0.25) is 9.78 Å².